The fraction of sp³-hybridized carbons (Fsp3) is 0.571. The number of ether oxygens (including phenoxy) is 1. The molecule has 0 aliphatic carbocycles. The summed E-state index contributed by atoms with van der Waals surface area (Å²) in [6.07, 6.45) is 7.53. The van der Waals surface area contributed by atoms with Gasteiger partial charge in [0.2, 0.25) is 0 Å². The van der Waals surface area contributed by atoms with Crippen LogP contribution in [0.1, 0.15) is 23.9 Å². The molecule has 0 aromatic carbocycles. The van der Waals surface area contributed by atoms with Gasteiger partial charge < -0.3 is 15.0 Å². The van der Waals surface area contributed by atoms with Crippen molar-refractivity contribution >= 4 is 0 Å². The van der Waals surface area contributed by atoms with Gasteiger partial charge in [-0.1, -0.05) is 0 Å². The Morgan fingerprint density at radius 3 is 3.15 bits per heavy atom. The Morgan fingerprint density at radius 1 is 1.55 bits per heavy atom. The van der Waals surface area contributed by atoms with E-state index in [-0.39, 0.29) is 6.04 Å². The van der Waals surface area contributed by atoms with Crippen molar-refractivity contribution in [1.29, 1.82) is 0 Å². The van der Waals surface area contributed by atoms with Gasteiger partial charge in [-0.05, 0) is 12.5 Å². The molecule has 0 radical (unpaired) electrons. The summed E-state index contributed by atoms with van der Waals surface area (Å²) >= 11 is 0. The van der Waals surface area contributed by atoms with Gasteiger partial charge in [0.05, 0.1) is 24.7 Å². The summed E-state index contributed by atoms with van der Waals surface area (Å²) in [5.41, 5.74) is 8.68. The molecule has 2 aromatic heterocycles. The number of aromatic nitrogens is 4. The topological polar surface area (TPSA) is 70.9 Å². The average molecular weight is 275 g/mol. The van der Waals surface area contributed by atoms with E-state index in [4.69, 9.17) is 10.5 Å². The molecule has 6 nitrogen and oxygen atoms in total. The first-order valence-electron chi connectivity index (χ1n) is 7.06. The van der Waals surface area contributed by atoms with E-state index >= 15 is 0 Å². The number of hydrogen-bond donors (Lipinski definition) is 1. The van der Waals surface area contributed by atoms with Crippen LogP contribution in [0.5, 0.6) is 0 Å². The summed E-state index contributed by atoms with van der Waals surface area (Å²) < 4.78 is 9.48. The normalized spacial score (nSPS) is 20.4. The average Bonchev–Trinajstić information content (AvgIpc) is 3.18. The van der Waals surface area contributed by atoms with Crippen molar-refractivity contribution in [3.05, 3.63) is 36.2 Å². The largest absolute Gasteiger partial charge is 0.381 e. The maximum absolute atomic E-state index is 6.37. The molecule has 3 heterocycles. The Bertz CT molecular complexity index is 555. The second kappa shape index (κ2) is 5.76. The molecule has 20 heavy (non-hydrogen) atoms. The number of nitrogens with zero attached hydrogens (tertiary/aromatic N) is 4. The van der Waals surface area contributed by atoms with Gasteiger partial charge in [0, 0.05) is 50.6 Å². The van der Waals surface area contributed by atoms with E-state index in [1.807, 2.05) is 36.5 Å². The predicted molar refractivity (Wildman–Crippen MR) is 75.0 cm³/mol. The summed E-state index contributed by atoms with van der Waals surface area (Å²) in [5, 5.41) is 4.19. The minimum atomic E-state index is 0.00605. The summed E-state index contributed by atoms with van der Waals surface area (Å²) in [4.78, 5) is 4.26. The second-order valence-corrected chi connectivity index (χ2v) is 5.36. The molecule has 0 saturated carbocycles. The molecule has 108 valence electrons. The zero-order valence-electron chi connectivity index (χ0n) is 11.8. The lowest BCUT2D eigenvalue weighted by Crippen LogP contribution is -2.24. The van der Waals surface area contributed by atoms with Crippen LogP contribution in [0.3, 0.4) is 0 Å². The standard InChI is InChI=1S/C14H21N5O/c1-18-12(2-5-17-18)3-6-19-10-16-8-13(19)14(15)11-4-7-20-9-11/h2,5,8,10-11,14H,3-4,6-7,9,15H2,1H3. The Kier molecular flexibility index (Phi) is 3.84. The Morgan fingerprint density at radius 2 is 2.45 bits per heavy atom. The number of rotatable bonds is 5. The van der Waals surface area contributed by atoms with Crippen LogP contribution in [0, 0.1) is 5.92 Å². The van der Waals surface area contributed by atoms with Crippen molar-refractivity contribution in [2.75, 3.05) is 13.2 Å². The Balaban J connectivity index is 1.68. The third-order valence-electron chi connectivity index (χ3n) is 4.09. The first-order chi connectivity index (χ1) is 9.75. The zero-order valence-corrected chi connectivity index (χ0v) is 11.8. The third kappa shape index (κ3) is 2.62. The highest BCUT2D eigenvalue weighted by Crippen LogP contribution is 2.26. The number of nitrogens with two attached hydrogens (primary N) is 1. The summed E-state index contributed by atoms with van der Waals surface area (Å²) in [5.74, 6) is 0.405. The van der Waals surface area contributed by atoms with Gasteiger partial charge >= 0.3 is 0 Å². The van der Waals surface area contributed by atoms with Gasteiger partial charge in [-0.3, -0.25) is 4.68 Å². The highest BCUT2D eigenvalue weighted by molar-refractivity contribution is 5.08. The molecular weight excluding hydrogens is 254 g/mol. The zero-order chi connectivity index (χ0) is 13.9. The van der Waals surface area contributed by atoms with Gasteiger partial charge in [0.1, 0.15) is 0 Å². The molecule has 1 saturated heterocycles. The number of hydrogen-bond acceptors (Lipinski definition) is 4. The van der Waals surface area contributed by atoms with E-state index in [1.54, 1.807) is 0 Å². The van der Waals surface area contributed by atoms with E-state index in [9.17, 15) is 0 Å². The van der Waals surface area contributed by atoms with Gasteiger partial charge in [0.25, 0.3) is 0 Å². The van der Waals surface area contributed by atoms with Crippen LogP contribution < -0.4 is 5.73 Å². The molecular formula is C14H21N5O. The van der Waals surface area contributed by atoms with Gasteiger partial charge in [0.15, 0.2) is 0 Å². The van der Waals surface area contributed by atoms with E-state index in [0.29, 0.717) is 5.92 Å². The van der Waals surface area contributed by atoms with Crippen LogP contribution >= 0.6 is 0 Å². The maximum Gasteiger partial charge on any atom is 0.0948 e. The van der Waals surface area contributed by atoms with Crippen LogP contribution in [0.4, 0.5) is 0 Å². The molecule has 2 unspecified atom stereocenters. The molecule has 0 amide bonds. The van der Waals surface area contributed by atoms with E-state index in [2.05, 4.69) is 14.6 Å². The highest BCUT2D eigenvalue weighted by atomic mass is 16.5. The molecule has 0 spiro atoms. The van der Waals surface area contributed by atoms with Gasteiger partial charge in [-0.2, -0.15) is 5.10 Å². The minimum Gasteiger partial charge on any atom is -0.381 e. The van der Waals surface area contributed by atoms with Crippen molar-refractivity contribution in [3.63, 3.8) is 0 Å². The second-order valence-electron chi connectivity index (χ2n) is 5.36. The monoisotopic (exact) mass is 275 g/mol. The van der Waals surface area contributed by atoms with Crippen molar-refractivity contribution in [3.8, 4) is 0 Å². The van der Waals surface area contributed by atoms with Crippen LogP contribution in [0.25, 0.3) is 0 Å². The first kappa shape index (κ1) is 13.3. The van der Waals surface area contributed by atoms with Crippen molar-refractivity contribution in [2.24, 2.45) is 18.7 Å². The molecule has 2 aromatic rings. The molecule has 1 fully saturated rings. The van der Waals surface area contributed by atoms with E-state index in [1.165, 1.54) is 5.69 Å². The lowest BCUT2D eigenvalue weighted by molar-refractivity contribution is 0.180. The number of aryl methyl sites for hydroxylation is 3. The summed E-state index contributed by atoms with van der Waals surface area (Å²) in [7, 11) is 1.96. The maximum atomic E-state index is 6.37. The molecule has 2 atom stereocenters. The Hall–Kier alpha value is -1.66. The molecule has 2 N–H and O–H groups in total. The summed E-state index contributed by atoms with van der Waals surface area (Å²) in [6.45, 7) is 2.45. The molecule has 6 heteroatoms. The SMILES string of the molecule is Cn1nccc1CCn1cncc1C(N)C1CCOC1. The van der Waals surface area contributed by atoms with E-state index in [0.717, 1.165) is 38.3 Å². The van der Waals surface area contributed by atoms with Crippen molar-refractivity contribution in [2.45, 2.75) is 25.4 Å². The molecule has 1 aliphatic heterocycles. The fourth-order valence-corrected chi connectivity index (χ4v) is 2.75. The number of imidazole rings is 1. The third-order valence-corrected chi connectivity index (χ3v) is 4.09. The lowest BCUT2D eigenvalue weighted by atomic mass is 9.97. The van der Waals surface area contributed by atoms with Crippen molar-refractivity contribution in [1.82, 2.24) is 19.3 Å². The molecule has 3 rings (SSSR count). The van der Waals surface area contributed by atoms with Gasteiger partial charge in [-0.15, -0.1) is 0 Å². The fourth-order valence-electron chi connectivity index (χ4n) is 2.75. The summed E-state index contributed by atoms with van der Waals surface area (Å²) in [6, 6.07) is 2.05. The molecule has 0 bridgehead atoms. The van der Waals surface area contributed by atoms with Gasteiger partial charge in [-0.25, -0.2) is 4.98 Å². The Labute approximate surface area is 118 Å². The quantitative estimate of drug-likeness (QED) is 0.880. The molecule has 1 aliphatic rings. The van der Waals surface area contributed by atoms with Crippen molar-refractivity contribution < 1.29 is 4.74 Å². The predicted octanol–water partition coefficient (Wildman–Crippen LogP) is 0.896. The van der Waals surface area contributed by atoms with Crippen LogP contribution in [-0.4, -0.2) is 32.5 Å². The highest BCUT2D eigenvalue weighted by Gasteiger charge is 2.26. The van der Waals surface area contributed by atoms with Crippen LogP contribution in [0.2, 0.25) is 0 Å². The van der Waals surface area contributed by atoms with Crippen LogP contribution in [0.15, 0.2) is 24.8 Å². The smallest absolute Gasteiger partial charge is 0.0948 e. The van der Waals surface area contributed by atoms with E-state index < -0.39 is 0 Å². The minimum absolute atomic E-state index is 0.00605. The lowest BCUT2D eigenvalue weighted by Gasteiger charge is -2.19. The first-order valence-corrected chi connectivity index (χ1v) is 7.06. The van der Waals surface area contributed by atoms with Crippen LogP contribution in [-0.2, 0) is 24.8 Å².